The standard InChI is InChI=1S/C22H28N4O2S/c1-25(2)21(27)17-7-9-20(10-8-17)24-22(29)23-15-18-5-3-4-6-19(18)16-26-11-13-28-14-12-26/h3-10H,11-16H2,1-2H3,(H2,23,24,29). The van der Waals surface area contributed by atoms with Crippen molar-refractivity contribution < 1.29 is 9.53 Å². The summed E-state index contributed by atoms with van der Waals surface area (Å²) in [5.74, 6) is -0.0193. The lowest BCUT2D eigenvalue weighted by atomic mass is 10.1. The van der Waals surface area contributed by atoms with Gasteiger partial charge in [0.1, 0.15) is 0 Å². The van der Waals surface area contributed by atoms with Crippen molar-refractivity contribution in [3.05, 3.63) is 65.2 Å². The minimum Gasteiger partial charge on any atom is -0.379 e. The van der Waals surface area contributed by atoms with Crippen molar-refractivity contribution in [2.24, 2.45) is 0 Å². The zero-order valence-electron chi connectivity index (χ0n) is 17.0. The van der Waals surface area contributed by atoms with Crippen LogP contribution in [0.25, 0.3) is 0 Å². The van der Waals surface area contributed by atoms with Crippen molar-refractivity contribution in [3.63, 3.8) is 0 Å². The summed E-state index contributed by atoms with van der Waals surface area (Å²) in [5.41, 5.74) is 4.03. The Morgan fingerprint density at radius 2 is 1.72 bits per heavy atom. The maximum absolute atomic E-state index is 12.0. The van der Waals surface area contributed by atoms with Gasteiger partial charge in [0.25, 0.3) is 5.91 Å². The number of carbonyl (C=O) groups excluding carboxylic acids is 1. The van der Waals surface area contributed by atoms with Crippen molar-refractivity contribution in [2.75, 3.05) is 45.7 Å². The van der Waals surface area contributed by atoms with Gasteiger partial charge in [-0.25, -0.2) is 0 Å². The van der Waals surface area contributed by atoms with E-state index in [-0.39, 0.29) is 5.91 Å². The summed E-state index contributed by atoms with van der Waals surface area (Å²) >= 11 is 5.44. The Bertz CT molecular complexity index is 833. The van der Waals surface area contributed by atoms with Crippen molar-refractivity contribution in [1.82, 2.24) is 15.1 Å². The molecule has 0 saturated carbocycles. The normalized spacial score (nSPS) is 14.3. The maximum atomic E-state index is 12.0. The monoisotopic (exact) mass is 412 g/mol. The largest absolute Gasteiger partial charge is 0.379 e. The Balaban J connectivity index is 1.53. The Morgan fingerprint density at radius 3 is 2.38 bits per heavy atom. The van der Waals surface area contributed by atoms with Crippen LogP contribution in [0.15, 0.2) is 48.5 Å². The number of ether oxygens (including phenoxy) is 1. The van der Waals surface area contributed by atoms with Crippen LogP contribution in [0.2, 0.25) is 0 Å². The summed E-state index contributed by atoms with van der Waals surface area (Å²) < 4.78 is 5.43. The van der Waals surface area contributed by atoms with Crippen molar-refractivity contribution >= 4 is 28.9 Å². The van der Waals surface area contributed by atoms with Crippen LogP contribution in [0.3, 0.4) is 0 Å². The predicted octanol–water partition coefficient (Wildman–Crippen LogP) is 2.71. The molecule has 7 heteroatoms. The Morgan fingerprint density at radius 1 is 1.07 bits per heavy atom. The quantitative estimate of drug-likeness (QED) is 0.712. The molecule has 0 bridgehead atoms. The van der Waals surface area contributed by atoms with Gasteiger partial charge in [-0.15, -0.1) is 0 Å². The average molecular weight is 413 g/mol. The minimum atomic E-state index is -0.0193. The summed E-state index contributed by atoms with van der Waals surface area (Å²) in [6.07, 6.45) is 0. The van der Waals surface area contributed by atoms with Crippen LogP contribution >= 0.6 is 12.2 Å². The minimum absolute atomic E-state index is 0.0193. The van der Waals surface area contributed by atoms with Gasteiger partial charge in [0, 0.05) is 51.5 Å². The van der Waals surface area contributed by atoms with E-state index in [1.807, 2.05) is 12.1 Å². The first-order valence-corrected chi connectivity index (χ1v) is 10.2. The first-order chi connectivity index (χ1) is 14.0. The third-order valence-electron chi connectivity index (χ3n) is 4.85. The van der Waals surface area contributed by atoms with E-state index in [0.717, 1.165) is 38.5 Å². The molecule has 2 aromatic carbocycles. The van der Waals surface area contributed by atoms with Gasteiger partial charge in [-0.1, -0.05) is 24.3 Å². The van der Waals surface area contributed by atoms with Crippen LogP contribution < -0.4 is 10.6 Å². The molecule has 154 valence electrons. The zero-order chi connectivity index (χ0) is 20.6. The highest BCUT2D eigenvalue weighted by Crippen LogP contribution is 2.14. The highest BCUT2D eigenvalue weighted by molar-refractivity contribution is 7.80. The van der Waals surface area contributed by atoms with Gasteiger partial charge in [0.15, 0.2) is 5.11 Å². The number of amides is 1. The van der Waals surface area contributed by atoms with E-state index in [0.29, 0.717) is 17.2 Å². The molecular weight excluding hydrogens is 384 g/mol. The molecule has 0 atom stereocenters. The number of hydrogen-bond acceptors (Lipinski definition) is 4. The summed E-state index contributed by atoms with van der Waals surface area (Å²) in [6.45, 7) is 5.11. The second-order valence-electron chi connectivity index (χ2n) is 7.24. The molecule has 1 fully saturated rings. The van der Waals surface area contributed by atoms with Gasteiger partial charge in [-0.05, 0) is 47.6 Å². The van der Waals surface area contributed by atoms with Gasteiger partial charge >= 0.3 is 0 Å². The number of anilines is 1. The van der Waals surface area contributed by atoms with Crippen molar-refractivity contribution in [3.8, 4) is 0 Å². The summed E-state index contributed by atoms with van der Waals surface area (Å²) in [4.78, 5) is 15.9. The lowest BCUT2D eigenvalue weighted by molar-refractivity contribution is 0.0341. The summed E-state index contributed by atoms with van der Waals surface area (Å²) in [6, 6.07) is 15.7. The smallest absolute Gasteiger partial charge is 0.253 e. The fraction of sp³-hybridized carbons (Fsp3) is 0.364. The molecule has 0 aliphatic carbocycles. The number of benzene rings is 2. The molecule has 6 nitrogen and oxygen atoms in total. The Labute approximate surface area is 177 Å². The summed E-state index contributed by atoms with van der Waals surface area (Å²) in [5, 5.41) is 7.01. The molecule has 1 aliphatic heterocycles. The molecular formula is C22H28N4O2S. The summed E-state index contributed by atoms with van der Waals surface area (Å²) in [7, 11) is 3.48. The number of nitrogens with one attached hydrogen (secondary N) is 2. The highest BCUT2D eigenvalue weighted by Gasteiger charge is 2.13. The molecule has 1 amide bonds. The van der Waals surface area contributed by atoms with E-state index in [1.54, 1.807) is 31.1 Å². The molecule has 0 radical (unpaired) electrons. The van der Waals surface area contributed by atoms with E-state index in [9.17, 15) is 4.79 Å². The third-order valence-corrected chi connectivity index (χ3v) is 5.10. The fourth-order valence-electron chi connectivity index (χ4n) is 3.19. The number of hydrogen-bond donors (Lipinski definition) is 2. The average Bonchev–Trinajstić information content (AvgIpc) is 2.74. The van der Waals surface area contributed by atoms with E-state index in [1.165, 1.54) is 11.1 Å². The van der Waals surface area contributed by atoms with Crippen LogP contribution in [0, 0.1) is 0 Å². The first kappa shape index (κ1) is 21.2. The van der Waals surface area contributed by atoms with Crippen LogP contribution in [0.4, 0.5) is 5.69 Å². The van der Waals surface area contributed by atoms with Gasteiger partial charge in [-0.3, -0.25) is 9.69 Å². The van der Waals surface area contributed by atoms with Gasteiger partial charge < -0.3 is 20.3 Å². The molecule has 1 heterocycles. The second-order valence-corrected chi connectivity index (χ2v) is 7.65. The molecule has 29 heavy (non-hydrogen) atoms. The van der Waals surface area contributed by atoms with Gasteiger partial charge in [0.05, 0.1) is 13.2 Å². The van der Waals surface area contributed by atoms with Crippen LogP contribution in [0.1, 0.15) is 21.5 Å². The molecule has 0 unspecified atom stereocenters. The zero-order valence-corrected chi connectivity index (χ0v) is 17.8. The van der Waals surface area contributed by atoms with Crippen molar-refractivity contribution in [1.29, 1.82) is 0 Å². The van der Waals surface area contributed by atoms with Gasteiger partial charge in [0.2, 0.25) is 0 Å². The lowest BCUT2D eigenvalue weighted by Gasteiger charge is -2.27. The maximum Gasteiger partial charge on any atom is 0.253 e. The van der Waals surface area contributed by atoms with Crippen molar-refractivity contribution in [2.45, 2.75) is 13.1 Å². The number of carbonyl (C=O) groups is 1. The lowest BCUT2D eigenvalue weighted by Crippen LogP contribution is -2.36. The number of rotatable bonds is 6. The number of nitrogens with zero attached hydrogens (tertiary/aromatic N) is 2. The highest BCUT2D eigenvalue weighted by atomic mass is 32.1. The van der Waals surface area contributed by atoms with Crippen LogP contribution in [-0.4, -0.2) is 61.2 Å². The van der Waals surface area contributed by atoms with Gasteiger partial charge in [-0.2, -0.15) is 0 Å². The van der Waals surface area contributed by atoms with E-state index < -0.39 is 0 Å². The molecule has 0 spiro atoms. The van der Waals surface area contributed by atoms with Crippen LogP contribution in [-0.2, 0) is 17.8 Å². The number of thiocarbonyl (C=S) groups is 1. The Kier molecular flexibility index (Phi) is 7.57. The second kappa shape index (κ2) is 10.3. The SMILES string of the molecule is CN(C)C(=O)c1ccc(NC(=S)NCc2ccccc2CN2CCOCC2)cc1. The predicted molar refractivity (Wildman–Crippen MR) is 120 cm³/mol. The fourth-order valence-corrected chi connectivity index (χ4v) is 3.38. The topological polar surface area (TPSA) is 56.8 Å². The van der Waals surface area contributed by atoms with E-state index in [4.69, 9.17) is 17.0 Å². The number of morpholine rings is 1. The van der Waals surface area contributed by atoms with E-state index in [2.05, 4.69) is 39.8 Å². The molecule has 2 aromatic rings. The molecule has 3 rings (SSSR count). The molecule has 2 N–H and O–H groups in total. The molecule has 1 aliphatic rings. The molecule has 1 saturated heterocycles. The van der Waals surface area contributed by atoms with Crippen LogP contribution in [0.5, 0.6) is 0 Å². The first-order valence-electron chi connectivity index (χ1n) is 9.76. The Hall–Kier alpha value is -2.48. The molecule has 0 aromatic heterocycles. The third kappa shape index (κ3) is 6.25. The van der Waals surface area contributed by atoms with E-state index >= 15 is 0 Å².